The normalized spacial score (nSPS) is 14.7. The van der Waals surface area contributed by atoms with Crippen LogP contribution in [0.25, 0.3) is 35.3 Å². The number of rotatable bonds is 9. The zero-order valence-electron chi connectivity index (χ0n) is 25.0. The molecule has 4 aromatic carbocycles. The Morgan fingerprint density at radius 2 is 1.28 bits per heavy atom. The molecule has 0 atom stereocenters. The molecule has 0 radical (unpaired) electrons. The van der Waals surface area contributed by atoms with E-state index in [9.17, 15) is 0 Å². The van der Waals surface area contributed by atoms with Gasteiger partial charge in [-0.05, 0) is 63.7 Å². The predicted octanol–water partition coefficient (Wildman–Crippen LogP) is 6.95. The third kappa shape index (κ3) is 7.05. The summed E-state index contributed by atoms with van der Waals surface area (Å²) in [4.78, 5) is 5.07. The number of benzene rings is 4. The molecule has 0 unspecified atom stereocenters. The first kappa shape index (κ1) is 28.5. The fourth-order valence-corrected chi connectivity index (χ4v) is 5.72. The van der Waals surface area contributed by atoms with Crippen molar-refractivity contribution in [3.8, 4) is 17.1 Å². The molecular formula is C37H38N6. The maximum Gasteiger partial charge on any atom is 0.187 e. The Balaban J connectivity index is 1.24. The first-order valence-electron chi connectivity index (χ1n) is 15.0. The van der Waals surface area contributed by atoms with Crippen molar-refractivity contribution in [2.75, 3.05) is 32.7 Å². The van der Waals surface area contributed by atoms with Gasteiger partial charge in [0, 0.05) is 44.8 Å². The summed E-state index contributed by atoms with van der Waals surface area (Å²) < 4.78 is 1.91. The van der Waals surface area contributed by atoms with E-state index in [1.807, 2.05) is 10.7 Å². The van der Waals surface area contributed by atoms with E-state index in [0.717, 1.165) is 73.0 Å². The number of tetrazole rings is 1. The Hall–Kier alpha value is -4.65. The van der Waals surface area contributed by atoms with Crippen LogP contribution in [0.1, 0.15) is 33.4 Å². The fraction of sp³-hybridized carbons (Fsp3) is 0.216. The molecule has 6 heteroatoms. The lowest BCUT2D eigenvalue weighted by atomic mass is 10.0. The second-order valence-electron chi connectivity index (χ2n) is 11.2. The van der Waals surface area contributed by atoms with Crippen LogP contribution >= 0.6 is 0 Å². The van der Waals surface area contributed by atoms with Gasteiger partial charge in [-0.1, -0.05) is 115 Å². The quantitative estimate of drug-likeness (QED) is 0.181. The van der Waals surface area contributed by atoms with Gasteiger partial charge in [0.1, 0.15) is 0 Å². The standard InChI is InChI=1S/C37H38N6/c1-29-11-9-12-30(2)36(29)43-37(38-39-40-43)35-27-33(19-18-32-15-7-4-8-16-32)20-21-34(35)28-42-25-23-41(24-26-42)22-10-17-31-13-5-3-6-14-31/h3-21,27H,22-26,28H2,1-2H3. The summed E-state index contributed by atoms with van der Waals surface area (Å²) >= 11 is 0. The molecule has 6 rings (SSSR count). The molecule has 5 aromatic rings. The van der Waals surface area contributed by atoms with Crippen molar-refractivity contribution in [3.05, 3.63) is 137 Å². The number of hydrogen-bond donors (Lipinski definition) is 0. The average Bonchev–Trinajstić information content (AvgIpc) is 3.51. The summed E-state index contributed by atoms with van der Waals surface area (Å²) in [6.45, 7) is 10.2. The smallest absolute Gasteiger partial charge is 0.187 e. The number of para-hydroxylation sites is 1. The van der Waals surface area contributed by atoms with Gasteiger partial charge in [-0.2, -0.15) is 4.68 Å². The highest BCUT2D eigenvalue weighted by Crippen LogP contribution is 2.29. The molecule has 216 valence electrons. The summed E-state index contributed by atoms with van der Waals surface area (Å²) in [5.74, 6) is 0.770. The zero-order chi connectivity index (χ0) is 29.4. The molecule has 6 nitrogen and oxygen atoms in total. The molecule has 0 aliphatic carbocycles. The van der Waals surface area contributed by atoms with Crippen LogP contribution in [-0.2, 0) is 6.54 Å². The van der Waals surface area contributed by atoms with Crippen LogP contribution < -0.4 is 0 Å². The van der Waals surface area contributed by atoms with E-state index in [1.165, 1.54) is 16.7 Å². The lowest BCUT2D eigenvalue weighted by molar-refractivity contribution is 0.137. The third-order valence-corrected chi connectivity index (χ3v) is 8.10. The summed E-state index contributed by atoms with van der Waals surface area (Å²) in [6, 6.07) is 33.9. The minimum absolute atomic E-state index is 0.770. The zero-order valence-corrected chi connectivity index (χ0v) is 25.0. The van der Waals surface area contributed by atoms with Crippen LogP contribution in [-0.4, -0.2) is 62.7 Å². The highest BCUT2D eigenvalue weighted by atomic mass is 15.5. The van der Waals surface area contributed by atoms with Crippen molar-refractivity contribution in [2.24, 2.45) is 0 Å². The number of aryl methyl sites for hydroxylation is 2. The molecule has 1 saturated heterocycles. The lowest BCUT2D eigenvalue weighted by Crippen LogP contribution is -2.45. The Bertz CT molecular complexity index is 1680. The summed E-state index contributed by atoms with van der Waals surface area (Å²) in [6.07, 6.45) is 8.81. The largest absolute Gasteiger partial charge is 0.297 e. The second-order valence-corrected chi connectivity index (χ2v) is 11.2. The summed E-state index contributed by atoms with van der Waals surface area (Å²) in [7, 11) is 0. The fourth-order valence-electron chi connectivity index (χ4n) is 5.72. The van der Waals surface area contributed by atoms with Crippen molar-refractivity contribution < 1.29 is 0 Å². The maximum atomic E-state index is 4.57. The topological polar surface area (TPSA) is 50.1 Å². The molecule has 1 aromatic heterocycles. The van der Waals surface area contributed by atoms with E-state index in [0.29, 0.717) is 0 Å². The summed E-state index contributed by atoms with van der Waals surface area (Å²) in [5.41, 5.74) is 9.17. The molecule has 1 aliphatic rings. The number of hydrogen-bond acceptors (Lipinski definition) is 5. The van der Waals surface area contributed by atoms with E-state index < -0.39 is 0 Å². The van der Waals surface area contributed by atoms with Crippen molar-refractivity contribution in [3.63, 3.8) is 0 Å². The van der Waals surface area contributed by atoms with Gasteiger partial charge in [-0.15, -0.1) is 5.10 Å². The molecule has 2 heterocycles. The SMILES string of the molecule is Cc1cccc(C)c1-n1nnnc1-c1cc(C=Cc2ccccc2)ccc1CN1CCN(CC=Cc2ccccc2)CC1. The van der Waals surface area contributed by atoms with Gasteiger partial charge in [-0.3, -0.25) is 9.80 Å². The first-order chi connectivity index (χ1) is 21.1. The molecule has 43 heavy (non-hydrogen) atoms. The molecule has 0 spiro atoms. The predicted molar refractivity (Wildman–Crippen MR) is 177 cm³/mol. The lowest BCUT2D eigenvalue weighted by Gasteiger charge is -2.34. The van der Waals surface area contributed by atoms with E-state index in [-0.39, 0.29) is 0 Å². The van der Waals surface area contributed by atoms with Crippen LogP contribution in [0, 0.1) is 13.8 Å². The second kappa shape index (κ2) is 13.6. The summed E-state index contributed by atoms with van der Waals surface area (Å²) in [5, 5.41) is 13.2. The molecule has 0 saturated carbocycles. The van der Waals surface area contributed by atoms with Crippen molar-refractivity contribution in [1.29, 1.82) is 0 Å². The Morgan fingerprint density at radius 1 is 0.651 bits per heavy atom. The molecule has 1 aliphatic heterocycles. The van der Waals surface area contributed by atoms with Crippen LogP contribution in [0.2, 0.25) is 0 Å². The first-order valence-corrected chi connectivity index (χ1v) is 15.0. The van der Waals surface area contributed by atoms with Crippen molar-refractivity contribution in [1.82, 2.24) is 30.0 Å². The van der Waals surface area contributed by atoms with Crippen LogP contribution in [0.3, 0.4) is 0 Å². The van der Waals surface area contributed by atoms with Gasteiger partial charge in [-0.25, -0.2) is 0 Å². The molecule has 0 amide bonds. The average molecular weight is 567 g/mol. The molecule has 1 fully saturated rings. The Labute approximate surface area is 254 Å². The third-order valence-electron chi connectivity index (χ3n) is 8.10. The number of piperazine rings is 1. The monoisotopic (exact) mass is 566 g/mol. The van der Waals surface area contributed by atoms with E-state index in [1.54, 1.807) is 0 Å². The number of nitrogens with zero attached hydrogens (tertiary/aromatic N) is 6. The van der Waals surface area contributed by atoms with Gasteiger partial charge < -0.3 is 0 Å². The van der Waals surface area contributed by atoms with Gasteiger partial charge >= 0.3 is 0 Å². The minimum Gasteiger partial charge on any atom is -0.297 e. The van der Waals surface area contributed by atoms with E-state index in [2.05, 4.69) is 154 Å². The van der Waals surface area contributed by atoms with Crippen LogP contribution in [0.15, 0.2) is 103 Å². The van der Waals surface area contributed by atoms with Crippen LogP contribution in [0.5, 0.6) is 0 Å². The van der Waals surface area contributed by atoms with Crippen molar-refractivity contribution in [2.45, 2.75) is 20.4 Å². The highest BCUT2D eigenvalue weighted by Gasteiger charge is 2.21. The van der Waals surface area contributed by atoms with Crippen molar-refractivity contribution >= 4 is 18.2 Å². The van der Waals surface area contributed by atoms with Crippen LogP contribution in [0.4, 0.5) is 0 Å². The molecule has 0 bridgehead atoms. The van der Waals surface area contributed by atoms with E-state index >= 15 is 0 Å². The molecule has 0 N–H and O–H groups in total. The number of aromatic nitrogens is 4. The Morgan fingerprint density at radius 3 is 1.98 bits per heavy atom. The minimum atomic E-state index is 0.770. The highest BCUT2D eigenvalue weighted by molar-refractivity contribution is 5.74. The van der Waals surface area contributed by atoms with Gasteiger partial charge in [0.15, 0.2) is 5.82 Å². The van der Waals surface area contributed by atoms with Gasteiger partial charge in [0.25, 0.3) is 0 Å². The maximum absolute atomic E-state index is 4.57. The van der Waals surface area contributed by atoms with E-state index in [4.69, 9.17) is 0 Å². The Kier molecular flexibility index (Phi) is 8.97. The van der Waals surface area contributed by atoms with Gasteiger partial charge in [0.05, 0.1) is 5.69 Å². The molecular weight excluding hydrogens is 528 g/mol. The van der Waals surface area contributed by atoms with Gasteiger partial charge in [0.2, 0.25) is 0 Å².